The fourth-order valence-electron chi connectivity index (χ4n) is 2.47. The highest BCUT2D eigenvalue weighted by Crippen LogP contribution is 2.37. The number of hydrogen-bond donors (Lipinski definition) is 3. The molecule has 0 aliphatic heterocycles. The highest BCUT2D eigenvalue weighted by atomic mass is 16.6. The number of methoxy groups -OCH3 is 1. The number of hydrogen-bond acceptors (Lipinski definition) is 6. The second kappa shape index (κ2) is 8.27. The number of nitrogens with zero attached hydrogens (tertiary/aromatic N) is 1. The smallest absolute Gasteiger partial charge is 0.315 e. The van der Waals surface area contributed by atoms with Crippen molar-refractivity contribution >= 4 is 17.8 Å². The third-order valence-electron chi connectivity index (χ3n) is 3.90. The monoisotopic (exact) mass is 371 g/mol. The zero-order valence-corrected chi connectivity index (χ0v) is 15.3. The summed E-state index contributed by atoms with van der Waals surface area (Å²) in [5.74, 6) is -0.645. The number of phenols is 3. The van der Waals surface area contributed by atoms with Gasteiger partial charge in [-0.05, 0) is 49.6 Å². The van der Waals surface area contributed by atoms with Crippen molar-refractivity contribution in [2.75, 3.05) is 7.11 Å². The highest BCUT2D eigenvalue weighted by Gasteiger charge is 2.19. The molecule has 27 heavy (non-hydrogen) atoms. The van der Waals surface area contributed by atoms with E-state index in [9.17, 15) is 25.4 Å². The van der Waals surface area contributed by atoms with E-state index in [-0.39, 0.29) is 17.2 Å². The molecule has 0 unspecified atom stereocenters. The first kappa shape index (κ1) is 19.8. The van der Waals surface area contributed by atoms with Gasteiger partial charge in [0.25, 0.3) is 0 Å². The fourth-order valence-corrected chi connectivity index (χ4v) is 2.47. The van der Waals surface area contributed by atoms with Crippen LogP contribution < -0.4 is 4.74 Å². The van der Waals surface area contributed by atoms with Crippen LogP contribution in [0.5, 0.6) is 23.0 Å². The van der Waals surface area contributed by atoms with Gasteiger partial charge in [0.05, 0.1) is 12.0 Å². The molecule has 0 aliphatic carbocycles. The lowest BCUT2D eigenvalue weighted by Gasteiger charge is -2.08. The Bertz CT molecular complexity index is 903. The van der Waals surface area contributed by atoms with E-state index >= 15 is 0 Å². The van der Waals surface area contributed by atoms with E-state index in [1.54, 1.807) is 12.2 Å². The zero-order valence-electron chi connectivity index (χ0n) is 15.3. The summed E-state index contributed by atoms with van der Waals surface area (Å²) in [6, 6.07) is 5.64. The maximum absolute atomic E-state index is 11.0. The zero-order chi connectivity index (χ0) is 20.1. The van der Waals surface area contributed by atoms with Crippen LogP contribution in [0.4, 0.5) is 5.69 Å². The van der Waals surface area contributed by atoms with Crippen LogP contribution in [0.1, 0.15) is 30.5 Å². The van der Waals surface area contributed by atoms with Gasteiger partial charge >= 0.3 is 5.69 Å². The molecule has 0 fully saturated rings. The van der Waals surface area contributed by atoms with Crippen molar-refractivity contribution in [3.8, 4) is 23.0 Å². The van der Waals surface area contributed by atoms with Crippen molar-refractivity contribution in [2.45, 2.75) is 20.3 Å². The van der Waals surface area contributed by atoms with Gasteiger partial charge in [0.2, 0.25) is 5.75 Å². The molecule has 2 rings (SSSR count). The van der Waals surface area contributed by atoms with Crippen LogP contribution in [0.2, 0.25) is 0 Å². The van der Waals surface area contributed by atoms with Gasteiger partial charge in [0.1, 0.15) is 11.5 Å². The maximum atomic E-state index is 11.0. The maximum Gasteiger partial charge on any atom is 0.315 e. The average molecular weight is 371 g/mol. The van der Waals surface area contributed by atoms with E-state index in [0.717, 1.165) is 5.57 Å². The second-order valence-electron chi connectivity index (χ2n) is 6.20. The SMILES string of the molecule is COc1cc(/C=C/c2cc(O)c(CC=C(C)C)c(O)c2)cc([N+](=O)[O-])c1O. The molecule has 0 saturated heterocycles. The quantitative estimate of drug-likeness (QED) is 0.300. The first-order valence-corrected chi connectivity index (χ1v) is 8.14. The van der Waals surface area contributed by atoms with Crippen LogP contribution in [0.25, 0.3) is 12.2 Å². The molecule has 0 bridgehead atoms. The minimum atomic E-state index is -0.703. The van der Waals surface area contributed by atoms with Crippen molar-refractivity contribution in [2.24, 2.45) is 0 Å². The van der Waals surface area contributed by atoms with Gasteiger partial charge < -0.3 is 20.1 Å². The Balaban J connectivity index is 2.37. The Labute approximate surface area is 156 Å². The van der Waals surface area contributed by atoms with Crippen LogP contribution in [0.15, 0.2) is 35.9 Å². The second-order valence-corrected chi connectivity index (χ2v) is 6.20. The lowest BCUT2D eigenvalue weighted by Crippen LogP contribution is -1.93. The summed E-state index contributed by atoms with van der Waals surface area (Å²) in [4.78, 5) is 10.3. The molecular weight excluding hydrogens is 350 g/mol. The van der Waals surface area contributed by atoms with Crippen LogP contribution in [-0.2, 0) is 6.42 Å². The summed E-state index contributed by atoms with van der Waals surface area (Å²) in [6.45, 7) is 3.85. The largest absolute Gasteiger partial charge is 0.507 e. The van der Waals surface area contributed by atoms with E-state index < -0.39 is 16.4 Å². The fraction of sp³-hybridized carbons (Fsp3) is 0.200. The van der Waals surface area contributed by atoms with E-state index in [2.05, 4.69) is 0 Å². The normalized spacial score (nSPS) is 10.8. The standard InChI is InChI=1S/C20H21NO6/c1-12(2)4-7-15-17(22)9-14(10-18(15)23)6-5-13-8-16(21(25)26)20(24)19(11-13)27-3/h4-6,8-11,22-24H,7H2,1-3H3/b6-5+. The van der Waals surface area contributed by atoms with Gasteiger partial charge in [-0.3, -0.25) is 10.1 Å². The van der Waals surface area contributed by atoms with Gasteiger partial charge in [0.15, 0.2) is 5.75 Å². The molecule has 3 N–H and O–H groups in total. The Hall–Kier alpha value is -3.48. The van der Waals surface area contributed by atoms with Crippen LogP contribution in [-0.4, -0.2) is 27.4 Å². The van der Waals surface area contributed by atoms with E-state index in [0.29, 0.717) is 23.1 Å². The Morgan fingerprint density at radius 2 is 1.63 bits per heavy atom. The molecule has 0 spiro atoms. The number of nitro benzene ring substituents is 1. The Morgan fingerprint density at radius 1 is 1.07 bits per heavy atom. The van der Waals surface area contributed by atoms with Gasteiger partial charge in [-0.1, -0.05) is 23.8 Å². The van der Waals surface area contributed by atoms with Crippen molar-refractivity contribution in [1.82, 2.24) is 0 Å². The van der Waals surface area contributed by atoms with Crippen molar-refractivity contribution in [1.29, 1.82) is 0 Å². The van der Waals surface area contributed by atoms with Crippen LogP contribution in [0.3, 0.4) is 0 Å². The molecule has 0 heterocycles. The molecule has 0 amide bonds. The summed E-state index contributed by atoms with van der Waals surface area (Å²) in [7, 11) is 1.30. The predicted octanol–water partition coefficient (Wildman–Crippen LogP) is 4.40. The lowest BCUT2D eigenvalue weighted by atomic mass is 10.0. The lowest BCUT2D eigenvalue weighted by molar-refractivity contribution is -0.386. The van der Waals surface area contributed by atoms with E-state index in [1.807, 2.05) is 19.9 Å². The minimum absolute atomic E-state index is 0.0217. The molecule has 0 radical (unpaired) electrons. The summed E-state index contributed by atoms with van der Waals surface area (Å²) < 4.78 is 4.95. The highest BCUT2D eigenvalue weighted by molar-refractivity contribution is 5.75. The molecular formula is C20H21NO6. The summed E-state index contributed by atoms with van der Waals surface area (Å²) in [6.07, 6.45) is 5.44. The van der Waals surface area contributed by atoms with Crippen molar-refractivity contribution in [3.63, 3.8) is 0 Å². The number of phenolic OH excluding ortho intramolecular Hbond substituents is 3. The van der Waals surface area contributed by atoms with Crippen molar-refractivity contribution < 1.29 is 25.0 Å². The van der Waals surface area contributed by atoms with Crippen LogP contribution in [0, 0.1) is 10.1 Å². The topological polar surface area (TPSA) is 113 Å². The summed E-state index contributed by atoms with van der Waals surface area (Å²) >= 11 is 0. The van der Waals surface area contributed by atoms with Gasteiger partial charge in [-0.2, -0.15) is 0 Å². The molecule has 142 valence electrons. The van der Waals surface area contributed by atoms with E-state index in [4.69, 9.17) is 4.74 Å². The Kier molecular flexibility index (Phi) is 6.07. The predicted molar refractivity (Wildman–Crippen MR) is 103 cm³/mol. The summed E-state index contributed by atoms with van der Waals surface area (Å²) in [5.41, 5.74) is 1.96. The molecule has 0 atom stereocenters. The van der Waals surface area contributed by atoms with Crippen molar-refractivity contribution in [3.05, 3.63) is 62.7 Å². The van der Waals surface area contributed by atoms with Crippen LogP contribution >= 0.6 is 0 Å². The first-order valence-electron chi connectivity index (χ1n) is 8.14. The van der Waals surface area contributed by atoms with Gasteiger partial charge in [-0.15, -0.1) is 0 Å². The number of nitro groups is 1. The summed E-state index contributed by atoms with van der Waals surface area (Å²) in [5, 5.41) is 41.2. The molecule has 0 aromatic heterocycles. The number of ether oxygens (including phenoxy) is 1. The molecule has 0 saturated carbocycles. The Morgan fingerprint density at radius 3 is 2.11 bits per heavy atom. The molecule has 0 aliphatic rings. The number of allylic oxidation sites excluding steroid dienone is 2. The molecule has 7 heteroatoms. The molecule has 7 nitrogen and oxygen atoms in total. The molecule has 2 aromatic rings. The van der Waals surface area contributed by atoms with Gasteiger partial charge in [0, 0.05) is 11.6 Å². The van der Waals surface area contributed by atoms with E-state index in [1.165, 1.54) is 31.4 Å². The minimum Gasteiger partial charge on any atom is -0.507 e. The number of aromatic hydroxyl groups is 3. The number of rotatable bonds is 6. The third kappa shape index (κ3) is 4.78. The third-order valence-corrected chi connectivity index (χ3v) is 3.90. The van der Waals surface area contributed by atoms with Gasteiger partial charge in [-0.25, -0.2) is 0 Å². The number of benzene rings is 2. The first-order chi connectivity index (χ1) is 12.7. The average Bonchev–Trinajstić information content (AvgIpc) is 2.59. The molecule has 2 aromatic carbocycles.